The molecule has 1 fully saturated rings. The fraction of sp³-hybridized carbons (Fsp3) is 0.462. The van der Waals surface area contributed by atoms with Gasteiger partial charge in [-0.25, -0.2) is 0 Å². The summed E-state index contributed by atoms with van der Waals surface area (Å²) < 4.78 is 6.51. The first-order chi connectivity index (χ1) is 8.60. The Bertz CT molecular complexity index is 451. The molecule has 1 saturated heterocycles. The number of nitrogens with one attached hydrogen (secondary N) is 1. The highest BCUT2D eigenvalue weighted by Gasteiger charge is 2.29. The van der Waals surface area contributed by atoms with Crippen molar-refractivity contribution in [2.75, 3.05) is 11.9 Å². The monoisotopic (exact) mass is 312 g/mol. The molecule has 2 unspecified atom stereocenters. The van der Waals surface area contributed by atoms with Crippen molar-refractivity contribution in [2.24, 2.45) is 5.73 Å². The predicted octanol–water partition coefficient (Wildman–Crippen LogP) is 2.20. The third-order valence-corrected chi connectivity index (χ3v) is 3.61. The first-order valence-electron chi connectivity index (χ1n) is 6.02. The van der Waals surface area contributed by atoms with E-state index in [1.807, 2.05) is 25.1 Å². The topological polar surface area (TPSA) is 64.4 Å². The molecule has 0 saturated carbocycles. The Kier molecular flexibility index (Phi) is 4.37. The van der Waals surface area contributed by atoms with Crippen molar-refractivity contribution >= 4 is 27.5 Å². The Morgan fingerprint density at radius 3 is 3.00 bits per heavy atom. The lowest BCUT2D eigenvalue weighted by atomic mass is 10.1. The second-order valence-corrected chi connectivity index (χ2v) is 5.42. The first kappa shape index (κ1) is 13.5. The molecule has 1 aromatic carbocycles. The third kappa shape index (κ3) is 3.10. The molecule has 0 radical (unpaired) electrons. The lowest BCUT2D eigenvalue weighted by molar-refractivity contribution is -0.126. The van der Waals surface area contributed by atoms with Gasteiger partial charge in [0.25, 0.3) is 5.91 Å². The lowest BCUT2D eigenvalue weighted by Gasteiger charge is -2.14. The fourth-order valence-corrected chi connectivity index (χ4v) is 2.38. The van der Waals surface area contributed by atoms with Crippen LogP contribution in [-0.4, -0.2) is 24.7 Å². The minimum Gasteiger partial charge on any atom is -0.364 e. The predicted molar refractivity (Wildman–Crippen MR) is 74.5 cm³/mol. The normalized spacial score (nSPS) is 23.1. The summed E-state index contributed by atoms with van der Waals surface area (Å²) in [6.07, 6.45) is 1.23. The molecule has 5 heteroatoms. The molecule has 98 valence electrons. The Morgan fingerprint density at radius 1 is 1.56 bits per heavy atom. The molecule has 2 rings (SSSR count). The molecule has 0 aromatic heterocycles. The number of ether oxygens (including phenoxy) is 1. The zero-order chi connectivity index (χ0) is 13.1. The summed E-state index contributed by atoms with van der Waals surface area (Å²) in [6.45, 7) is 2.43. The van der Waals surface area contributed by atoms with Crippen molar-refractivity contribution in [3.63, 3.8) is 0 Å². The van der Waals surface area contributed by atoms with Crippen LogP contribution >= 0.6 is 15.9 Å². The van der Waals surface area contributed by atoms with Crippen molar-refractivity contribution in [3.8, 4) is 0 Å². The summed E-state index contributed by atoms with van der Waals surface area (Å²) in [4.78, 5) is 12.0. The van der Waals surface area contributed by atoms with Crippen molar-refractivity contribution in [1.29, 1.82) is 0 Å². The maximum atomic E-state index is 12.0. The van der Waals surface area contributed by atoms with Gasteiger partial charge in [0.05, 0.1) is 6.10 Å². The van der Waals surface area contributed by atoms with E-state index in [1.54, 1.807) is 0 Å². The second kappa shape index (κ2) is 5.82. The van der Waals surface area contributed by atoms with Crippen LogP contribution in [0, 0.1) is 6.92 Å². The first-order valence-corrected chi connectivity index (χ1v) is 6.82. The number of carbonyl (C=O) groups excluding carboxylic acids is 1. The highest BCUT2D eigenvalue weighted by atomic mass is 79.9. The van der Waals surface area contributed by atoms with Gasteiger partial charge in [-0.1, -0.05) is 22.0 Å². The molecular formula is C13H17BrN2O2. The average molecular weight is 313 g/mol. The van der Waals surface area contributed by atoms with E-state index in [0.29, 0.717) is 6.54 Å². The van der Waals surface area contributed by atoms with Gasteiger partial charge in [-0.3, -0.25) is 4.79 Å². The Labute approximate surface area is 115 Å². The highest BCUT2D eigenvalue weighted by molar-refractivity contribution is 9.10. The SMILES string of the molecule is Cc1ccc(Br)cc1NC(=O)C1CCC(CN)O1. The van der Waals surface area contributed by atoms with E-state index in [0.717, 1.165) is 28.6 Å². The molecule has 0 spiro atoms. The van der Waals surface area contributed by atoms with Crippen LogP contribution in [0.3, 0.4) is 0 Å². The van der Waals surface area contributed by atoms with Crippen LogP contribution in [0.2, 0.25) is 0 Å². The van der Waals surface area contributed by atoms with E-state index >= 15 is 0 Å². The molecule has 1 aromatic rings. The standard InChI is InChI=1S/C13H17BrN2O2/c1-8-2-3-9(14)6-11(8)16-13(17)12-5-4-10(7-15)18-12/h2-3,6,10,12H,4-5,7,15H2,1H3,(H,16,17). The molecule has 1 aliphatic rings. The van der Waals surface area contributed by atoms with Crippen LogP contribution in [0.25, 0.3) is 0 Å². The average Bonchev–Trinajstić information content (AvgIpc) is 2.82. The van der Waals surface area contributed by atoms with Crippen molar-refractivity contribution in [3.05, 3.63) is 28.2 Å². The number of amides is 1. The molecule has 1 heterocycles. The summed E-state index contributed by atoms with van der Waals surface area (Å²) in [5.41, 5.74) is 7.37. The number of rotatable bonds is 3. The van der Waals surface area contributed by atoms with Crippen molar-refractivity contribution in [1.82, 2.24) is 0 Å². The van der Waals surface area contributed by atoms with Gasteiger partial charge in [0.1, 0.15) is 6.10 Å². The van der Waals surface area contributed by atoms with Gasteiger partial charge in [0, 0.05) is 16.7 Å². The maximum absolute atomic E-state index is 12.0. The Morgan fingerprint density at radius 2 is 2.33 bits per heavy atom. The van der Waals surface area contributed by atoms with Gasteiger partial charge < -0.3 is 15.8 Å². The van der Waals surface area contributed by atoms with Crippen LogP contribution in [0.1, 0.15) is 18.4 Å². The van der Waals surface area contributed by atoms with E-state index in [2.05, 4.69) is 21.2 Å². The molecule has 2 atom stereocenters. The van der Waals surface area contributed by atoms with Crippen LogP contribution in [-0.2, 0) is 9.53 Å². The molecule has 3 N–H and O–H groups in total. The van der Waals surface area contributed by atoms with E-state index in [-0.39, 0.29) is 18.1 Å². The molecule has 0 aliphatic carbocycles. The van der Waals surface area contributed by atoms with Gasteiger partial charge in [0.15, 0.2) is 0 Å². The summed E-state index contributed by atoms with van der Waals surface area (Å²) in [5.74, 6) is -0.0906. The number of hydrogen-bond donors (Lipinski definition) is 2. The summed E-state index contributed by atoms with van der Waals surface area (Å²) in [6, 6.07) is 5.79. The zero-order valence-electron chi connectivity index (χ0n) is 10.3. The number of nitrogens with two attached hydrogens (primary N) is 1. The van der Waals surface area contributed by atoms with Gasteiger partial charge in [-0.2, -0.15) is 0 Å². The molecule has 0 bridgehead atoms. The number of aryl methyl sites for hydroxylation is 1. The van der Waals surface area contributed by atoms with Gasteiger partial charge in [-0.15, -0.1) is 0 Å². The second-order valence-electron chi connectivity index (χ2n) is 4.51. The summed E-state index contributed by atoms with van der Waals surface area (Å²) in [5, 5.41) is 2.90. The molecule has 1 aliphatic heterocycles. The number of hydrogen-bond acceptors (Lipinski definition) is 3. The molecule has 4 nitrogen and oxygen atoms in total. The van der Waals surface area contributed by atoms with Crippen LogP contribution < -0.4 is 11.1 Å². The molecular weight excluding hydrogens is 296 g/mol. The van der Waals surface area contributed by atoms with E-state index in [1.165, 1.54) is 0 Å². The number of benzene rings is 1. The number of halogens is 1. The fourth-order valence-electron chi connectivity index (χ4n) is 2.01. The minimum atomic E-state index is -0.378. The summed E-state index contributed by atoms with van der Waals surface area (Å²) >= 11 is 3.39. The lowest BCUT2D eigenvalue weighted by Crippen LogP contribution is -2.30. The van der Waals surface area contributed by atoms with Crippen LogP contribution in [0.5, 0.6) is 0 Å². The van der Waals surface area contributed by atoms with Crippen LogP contribution in [0.15, 0.2) is 22.7 Å². The Hall–Kier alpha value is -0.910. The van der Waals surface area contributed by atoms with Crippen LogP contribution in [0.4, 0.5) is 5.69 Å². The number of carbonyl (C=O) groups is 1. The zero-order valence-corrected chi connectivity index (χ0v) is 11.9. The van der Waals surface area contributed by atoms with E-state index in [4.69, 9.17) is 10.5 Å². The van der Waals surface area contributed by atoms with Gasteiger partial charge in [-0.05, 0) is 37.5 Å². The summed E-state index contributed by atoms with van der Waals surface area (Å²) in [7, 11) is 0. The van der Waals surface area contributed by atoms with E-state index < -0.39 is 0 Å². The quantitative estimate of drug-likeness (QED) is 0.899. The van der Waals surface area contributed by atoms with Gasteiger partial charge >= 0.3 is 0 Å². The molecule has 1 amide bonds. The van der Waals surface area contributed by atoms with Crippen molar-refractivity contribution in [2.45, 2.75) is 32.0 Å². The minimum absolute atomic E-state index is 0.0179. The largest absolute Gasteiger partial charge is 0.364 e. The third-order valence-electron chi connectivity index (χ3n) is 3.12. The Balaban J connectivity index is 2.01. The van der Waals surface area contributed by atoms with E-state index in [9.17, 15) is 4.79 Å². The highest BCUT2D eigenvalue weighted by Crippen LogP contribution is 2.23. The van der Waals surface area contributed by atoms with Gasteiger partial charge in [0.2, 0.25) is 0 Å². The smallest absolute Gasteiger partial charge is 0.253 e. The van der Waals surface area contributed by atoms with Crippen molar-refractivity contribution < 1.29 is 9.53 Å². The number of anilines is 1. The molecule has 18 heavy (non-hydrogen) atoms. The maximum Gasteiger partial charge on any atom is 0.253 e.